The monoisotopic (exact) mass is 215 g/mol. The Labute approximate surface area is 79.3 Å². The van der Waals surface area contributed by atoms with Crippen LogP contribution in [0.4, 0.5) is 17.6 Å². The second-order valence-electron chi connectivity index (χ2n) is 4.08. The van der Waals surface area contributed by atoms with Crippen molar-refractivity contribution in [3.8, 4) is 0 Å². The summed E-state index contributed by atoms with van der Waals surface area (Å²) in [6, 6.07) is 0. The Morgan fingerprint density at radius 1 is 1.36 bits per heavy atom. The lowest BCUT2D eigenvalue weighted by molar-refractivity contribution is -0.281. The minimum absolute atomic E-state index is 0.883. The lowest BCUT2D eigenvalue weighted by atomic mass is 9.63. The molecule has 1 fully saturated rings. The average Bonchev–Trinajstić information content (AvgIpc) is 1.98. The molecule has 1 saturated carbocycles. The second kappa shape index (κ2) is 3.06. The zero-order chi connectivity index (χ0) is 11.2. The third-order valence-corrected chi connectivity index (χ3v) is 2.72. The van der Waals surface area contributed by atoms with E-state index in [0.29, 0.717) is 0 Å². The molecule has 0 aromatic rings. The fourth-order valence-corrected chi connectivity index (χ4v) is 1.84. The molecule has 2 N–H and O–H groups in total. The average molecular weight is 215 g/mol. The highest BCUT2D eigenvalue weighted by molar-refractivity contribution is 5.05. The molecule has 1 atom stereocenters. The summed E-state index contributed by atoms with van der Waals surface area (Å²) in [6.45, 7) is 1.06. The fraction of sp³-hybridized carbons (Fsp3) is 1.00. The molecule has 0 spiro atoms. The van der Waals surface area contributed by atoms with E-state index in [2.05, 4.69) is 0 Å². The van der Waals surface area contributed by atoms with Gasteiger partial charge in [0.2, 0.25) is 5.92 Å². The van der Waals surface area contributed by atoms with Crippen LogP contribution in [0, 0.1) is 5.41 Å². The predicted molar refractivity (Wildman–Crippen MR) is 42.3 cm³/mol. The largest absolute Gasteiger partial charge is 0.372 e. The van der Waals surface area contributed by atoms with Crippen molar-refractivity contribution < 1.29 is 22.7 Å². The molecule has 14 heavy (non-hydrogen) atoms. The quantitative estimate of drug-likeness (QED) is 0.553. The Hall–Kier alpha value is -0.360. The van der Waals surface area contributed by atoms with E-state index in [-0.39, 0.29) is 0 Å². The molecule has 84 valence electrons. The first-order valence-electron chi connectivity index (χ1n) is 4.26. The standard InChI is InChI=1S/C8H13F4NO/c1-6(3-7(9,10)4-6)8(11,12)5(14)13-2/h5,13-14H,3-4H2,1-2H3. The maximum absolute atomic E-state index is 13.3. The molecule has 2 nitrogen and oxygen atoms in total. The van der Waals surface area contributed by atoms with Gasteiger partial charge in [0.25, 0.3) is 5.92 Å². The van der Waals surface area contributed by atoms with Crippen molar-refractivity contribution in [2.75, 3.05) is 7.05 Å². The van der Waals surface area contributed by atoms with Gasteiger partial charge < -0.3 is 5.11 Å². The van der Waals surface area contributed by atoms with Crippen LogP contribution in [-0.2, 0) is 0 Å². The maximum atomic E-state index is 13.3. The number of hydrogen-bond acceptors (Lipinski definition) is 2. The molecule has 6 heteroatoms. The summed E-state index contributed by atoms with van der Waals surface area (Å²) < 4.78 is 51.7. The van der Waals surface area contributed by atoms with E-state index in [9.17, 15) is 17.6 Å². The van der Waals surface area contributed by atoms with Crippen LogP contribution in [0.15, 0.2) is 0 Å². The first kappa shape index (κ1) is 11.7. The van der Waals surface area contributed by atoms with Crippen molar-refractivity contribution >= 4 is 0 Å². The highest BCUT2D eigenvalue weighted by Crippen LogP contribution is 2.59. The number of alkyl halides is 4. The molecule has 0 aromatic carbocycles. The molecular formula is C8H13F4NO. The van der Waals surface area contributed by atoms with Gasteiger partial charge in [-0.3, -0.25) is 5.32 Å². The van der Waals surface area contributed by atoms with E-state index >= 15 is 0 Å². The van der Waals surface area contributed by atoms with Gasteiger partial charge in [-0.15, -0.1) is 0 Å². The third-order valence-electron chi connectivity index (χ3n) is 2.72. The SMILES string of the molecule is CNC(O)C(F)(F)C1(C)CC(F)(F)C1. The first-order chi connectivity index (χ1) is 6.15. The number of halogens is 4. The Morgan fingerprint density at radius 2 is 1.79 bits per heavy atom. The minimum Gasteiger partial charge on any atom is -0.372 e. The summed E-state index contributed by atoms with van der Waals surface area (Å²) in [5.74, 6) is -6.56. The zero-order valence-corrected chi connectivity index (χ0v) is 7.95. The Morgan fingerprint density at radius 3 is 2.07 bits per heavy atom. The van der Waals surface area contributed by atoms with Gasteiger partial charge >= 0.3 is 0 Å². The van der Waals surface area contributed by atoms with Crippen LogP contribution in [0.1, 0.15) is 19.8 Å². The Bertz CT molecular complexity index is 223. The van der Waals surface area contributed by atoms with E-state index in [1.807, 2.05) is 5.32 Å². The topological polar surface area (TPSA) is 32.3 Å². The van der Waals surface area contributed by atoms with Crippen molar-refractivity contribution in [1.82, 2.24) is 5.32 Å². The molecule has 0 aliphatic heterocycles. The number of rotatable bonds is 3. The molecule has 1 unspecified atom stereocenters. The van der Waals surface area contributed by atoms with Crippen LogP contribution in [0.25, 0.3) is 0 Å². The van der Waals surface area contributed by atoms with E-state index in [1.165, 1.54) is 0 Å². The van der Waals surface area contributed by atoms with Gasteiger partial charge in [-0.25, -0.2) is 17.6 Å². The highest BCUT2D eigenvalue weighted by Gasteiger charge is 2.67. The Balaban J connectivity index is 2.74. The van der Waals surface area contributed by atoms with Gasteiger partial charge in [0.1, 0.15) is 0 Å². The summed E-state index contributed by atoms with van der Waals surface area (Å²) in [5, 5.41) is 10.9. The molecule has 0 aromatic heterocycles. The molecule has 1 rings (SSSR count). The van der Waals surface area contributed by atoms with Crippen LogP contribution in [0.3, 0.4) is 0 Å². The van der Waals surface area contributed by atoms with Crippen molar-refractivity contribution in [3.63, 3.8) is 0 Å². The first-order valence-corrected chi connectivity index (χ1v) is 4.26. The van der Waals surface area contributed by atoms with E-state index in [1.54, 1.807) is 0 Å². The van der Waals surface area contributed by atoms with Gasteiger partial charge in [0.05, 0.1) is 0 Å². The van der Waals surface area contributed by atoms with Crippen molar-refractivity contribution in [2.45, 2.75) is 37.8 Å². The van der Waals surface area contributed by atoms with Crippen molar-refractivity contribution in [3.05, 3.63) is 0 Å². The van der Waals surface area contributed by atoms with Gasteiger partial charge in [0.15, 0.2) is 6.23 Å². The van der Waals surface area contributed by atoms with E-state index in [4.69, 9.17) is 5.11 Å². The Kier molecular flexibility index (Phi) is 2.56. The molecule has 1 aliphatic carbocycles. The number of nitrogens with one attached hydrogen (secondary N) is 1. The number of aliphatic hydroxyl groups is 1. The lowest BCUT2D eigenvalue weighted by Gasteiger charge is -2.50. The number of hydrogen-bond donors (Lipinski definition) is 2. The molecule has 1 aliphatic rings. The van der Waals surface area contributed by atoms with Crippen molar-refractivity contribution in [1.29, 1.82) is 0 Å². The number of aliphatic hydroxyl groups excluding tert-OH is 1. The van der Waals surface area contributed by atoms with Crippen LogP contribution < -0.4 is 5.32 Å². The summed E-state index contributed by atoms with van der Waals surface area (Å²) in [4.78, 5) is 0. The van der Waals surface area contributed by atoms with E-state index in [0.717, 1.165) is 14.0 Å². The summed E-state index contributed by atoms with van der Waals surface area (Å²) in [6.07, 6.45) is -3.85. The van der Waals surface area contributed by atoms with Crippen LogP contribution in [0.5, 0.6) is 0 Å². The molecular weight excluding hydrogens is 202 g/mol. The normalized spacial score (nSPS) is 26.8. The van der Waals surface area contributed by atoms with Gasteiger partial charge in [-0.2, -0.15) is 0 Å². The smallest absolute Gasteiger partial charge is 0.292 e. The van der Waals surface area contributed by atoms with Gasteiger partial charge in [-0.05, 0) is 7.05 Å². The lowest BCUT2D eigenvalue weighted by Crippen LogP contribution is -2.61. The van der Waals surface area contributed by atoms with Gasteiger partial charge in [0, 0.05) is 18.3 Å². The van der Waals surface area contributed by atoms with Crippen LogP contribution in [-0.4, -0.2) is 30.2 Å². The second-order valence-corrected chi connectivity index (χ2v) is 4.08. The molecule has 0 saturated heterocycles. The van der Waals surface area contributed by atoms with Crippen LogP contribution >= 0.6 is 0 Å². The highest BCUT2D eigenvalue weighted by atomic mass is 19.3. The fourth-order valence-electron chi connectivity index (χ4n) is 1.84. The molecule has 0 radical (unpaired) electrons. The predicted octanol–water partition coefficient (Wildman–Crippen LogP) is 1.59. The summed E-state index contributed by atoms with van der Waals surface area (Å²) in [5.41, 5.74) is -1.82. The molecule has 0 amide bonds. The summed E-state index contributed by atoms with van der Waals surface area (Å²) >= 11 is 0. The van der Waals surface area contributed by atoms with Crippen molar-refractivity contribution in [2.24, 2.45) is 5.41 Å². The van der Waals surface area contributed by atoms with E-state index < -0.39 is 36.3 Å². The molecule has 0 bridgehead atoms. The summed E-state index contributed by atoms with van der Waals surface area (Å²) in [7, 11) is 1.15. The minimum atomic E-state index is -3.54. The zero-order valence-electron chi connectivity index (χ0n) is 7.95. The maximum Gasteiger partial charge on any atom is 0.292 e. The van der Waals surface area contributed by atoms with Crippen LogP contribution in [0.2, 0.25) is 0 Å². The van der Waals surface area contributed by atoms with Gasteiger partial charge in [-0.1, -0.05) is 6.92 Å². The third kappa shape index (κ3) is 1.61. The molecule has 0 heterocycles.